The molecule has 0 spiro atoms. The molecule has 258 valence electrons. The number of carbonyl (C=O) groups excluding carboxylic acids is 1. The number of esters is 1. The fourth-order valence-electron chi connectivity index (χ4n) is 9.38. The number of aliphatic hydroxyl groups is 3. The van der Waals surface area contributed by atoms with Gasteiger partial charge in [-0.2, -0.15) is 0 Å². The molecule has 0 bridgehead atoms. The Morgan fingerprint density at radius 3 is 2.50 bits per heavy atom. The van der Waals surface area contributed by atoms with Crippen LogP contribution in [0.2, 0.25) is 0 Å². The van der Waals surface area contributed by atoms with Gasteiger partial charge in [-0.3, -0.25) is 4.79 Å². The minimum atomic E-state index is -0.962. The van der Waals surface area contributed by atoms with Crippen molar-refractivity contribution in [3.05, 3.63) is 23.5 Å². The Morgan fingerprint density at radius 1 is 0.978 bits per heavy atom. The summed E-state index contributed by atoms with van der Waals surface area (Å²) in [6.45, 7) is 8.01. The van der Waals surface area contributed by atoms with Gasteiger partial charge in [0.2, 0.25) is 5.79 Å². The fourth-order valence-corrected chi connectivity index (χ4v) is 9.38. The van der Waals surface area contributed by atoms with Crippen LogP contribution in [0.1, 0.15) is 72.6 Å². The molecule has 4 saturated heterocycles. The van der Waals surface area contributed by atoms with Crippen LogP contribution in [0.15, 0.2) is 23.5 Å². The number of methoxy groups -OCH3 is 1. The standard InChI is InChI=1S/C34H50O12/c1-16-30(37)22(35)11-27(42-16)46-31-17(2)43-28(12-25(31)39-5)44-24-10-19-7-8-20-21(33(19,3)13-23(24)36)9-6-18-14-40-34(4)29(18)26(15-41-34)45-32(20)38/h7,14,16-17,20-31,35-37H,6,8-13,15H2,1-5H3. The summed E-state index contributed by atoms with van der Waals surface area (Å²) in [4.78, 5) is 13.6. The van der Waals surface area contributed by atoms with E-state index in [0.717, 1.165) is 18.4 Å². The average molecular weight is 651 g/mol. The topological polar surface area (TPSA) is 152 Å². The predicted molar refractivity (Wildman–Crippen MR) is 160 cm³/mol. The van der Waals surface area contributed by atoms with E-state index in [1.807, 2.05) is 13.8 Å². The molecular weight excluding hydrogens is 600 g/mol. The van der Waals surface area contributed by atoms with Gasteiger partial charge in [-0.05, 0) is 62.9 Å². The molecule has 0 radical (unpaired) electrons. The van der Waals surface area contributed by atoms with Crippen LogP contribution in [0, 0.1) is 23.2 Å². The number of hydrogen-bond acceptors (Lipinski definition) is 12. The molecular formula is C34H50O12. The molecule has 0 amide bonds. The third-order valence-electron chi connectivity index (χ3n) is 12.0. The highest BCUT2D eigenvalue weighted by Gasteiger charge is 2.58. The Balaban J connectivity index is 1.01. The van der Waals surface area contributed by atoms with E-state index >= 15 is 0 Å². The van der Waals surface area contributed by atoms with Crippen LogP contribution >= 0.6 is 0 Å². The van der Waals surface area contributed by atoms with Crippen molar-refractivity contribution in [3.63, 3.8) is 0 Å². The highest BCUT2D eigenvalue weighted by atomic mass is 16.7. The van der Waals surface area contributed by atoms with E-state index in [9.17, 15) is 20.1 Å². The SMILES string of the molecule is COC1CC(OC2CC3=CCC4C(=O)OC5COC6(C)OC=C(CCC4C3(C)CC2O)C56)OC(C)C1OC1CC(O)C(O)C(C)O1. The highest BCUT2D eigenvalue weighted by Crippen LogP contribution is 2.57. The second-order valence-electron chi connectivity index (χ2n) is 14.8. The first kappa shape index (κ1) is 32.9. The fraction of sp³-hybridized carbons (Fsp3) is 0.853. The van der Waals surface area contributed by atoms with E-state index < -0.39 is 61.1 Å². The molecule has 7 rings (SSSR count). The molecule has 0 aromatic rings. The molecule has 0 aromatic heterocycles. The van der Waals surface area contributed by atoms with Gasteiger partial charge in [0, 0.05) is 26.9 Å². The van der Waals surface area contributed by atoms with Gasteiger partial charge in [0.05, 0.1) is 61.3 Å². The number of carbonyl (C=O) groups is 1. The van der Waals surface area contributed by atoms with Crippen molar-refractivity contribution in [2.45, 2.75) is 146 Å². The Kier molecular flexibility index (Phi) is 8.85. The number of fused-ring (bicyclic) bond motifs is 3. The van der Waals surface area contributed by atoms with Gasteiger partial charge in [0.25, 0.3) is 0 Å². The Bertz CT molecular complexity index is 1210. The van der Waals surface area contributed by atoms with E-state index in [1.165, 1.54) is 5.57 Å². The van der Waals surface area contributed by atoms with Crippen molar-refractivity contribution in [2.75, 3.05) is 13.7 Å². The van der Waals surface area contributed by atoms with Crippen molar-refractivity contribution >= 4 is 5.97 Å². The van der Waals surface area contributed by atoms with Crippen molar-refractivity contribution in [1.29, 1.82) is 0 Å². The lowest BCUT2D eigenvalue weighted by Crippen LogP contribution is -2.56. The van der Waals surface area contributed by atoms with Crippen molar-refractivity contribution in [1.82, 2.24) is 0 Å². The summed E-state index contributed by atoms with van der Waals surface area (Å²) in [5.74, 6) is -1.34. The van der Waals surface area contributed by atoms with E-state index in [0.29, 0.717) is 32.3 Å². The molecule has 12 nitrogen and oxygen atoms in total. The van der Waals surface area contributed by atoms with Crippen molar-refractivity contribution in [2.24, 2.45) is 23.2 Å². The third-order valence-corrected chi connectivity index (χ3v) is 12.0. The van der Waals surface area contributed by atoms with E-state index in [1.54, 1.807) is 20.3 Å². The Labute approximate surface area is 270 Å². The molecule has 0 aromatic carbocycles. The maximum Gasteiger partial charge on any atom is 0.309 e. The molecule has 5 heterocycles. The zero-order chi connectivity index (χ0) is 32.5. The number of aliphatic hydroxyl groups excluding tert-OH is 3. The molecule has 5 aliphatic heterocycles. The van der Waals surface area contributed by atoms with Crippen LogP contribution in [0.5, 0.6) is 0 Å². The van der Waals surface area contributed by atoms with Crippen LogP contribution in [0.25, 0.3) is 0 Å². The number of allylic oxidation sites excluding steroid dienone is 1. The summed E-state index contributed by atoms with van der Waals surface area (Å²) in [6, 6.07) is 0. The van der Waals surface area contributed by atoms with Gasteiger partial charge in [0.15, 0.2) is 12.6 Å². The van der Waals surface area contributed by atoms with E-state index in [-0.39, 0.29) is 47.8 Å². The Morgan fingerprint density at radius 2 is 1.74 bits per heavy atom. The molecule has 16 atom stereocenters. The highest BCUT2D eigenvalue weighted by molar-refractivity contribution is 5.74. The second-order valence-corrected chi connectivity index (χ2v) is 14.8. The van der Waals surface area contributed by atoms with E-state index in [2.05, 4.69) is 13.0 Å². The monoisotopic (exact) mass is 650 g/mol. The molecule has 5 fully saturated rings. The summed E-state index contributed by atoms with van der Waals surface area (Å²) in [7, 11) is 1.61. The minimum Gasteiger partial charge on any atom is -0.469 e. The first-order chi connectivity index (χ1) is 21.9. The summed E-state index contributed by atoms with van der Waals surface area (Å²) in [5, 5.41) is 31.8. The largest absolute Gasteiger partial charge is 0.469 e. The van der Waals surface area contributed by atoms with Crippen LogP contribution in [0.4, 0.5) is 0 Å². The molecule has 1 saturated carbocycles. The van der Waals surface area contributed by atoms with Crippen LogP contribution in [0.3, 0.4) is 0 Å². The maximum absolute atomic E-state index is 13.6. The zero-order valence-electron chi connectivity index (χ0n) is 27.4. The molecule has 7 aliphatic rings. The van der Waals surface area contributed by atoms with E-state index in [4.69, 9.17) is 37.9 Å². The maximum atomic E-state index is 13.6. The van der Waals surface area contributed by atoms with Crippen LogP contribution in [-0.4, -0.2) is 108 Å². The summed E-state index contributed by atoms with van der Waals surface area (Å²) >= 11 is 0. The average Bonchev–Trinajstić information content (AvgIpc) is 3.52. The summed E-state index contributed by atoms with van der Waals surface area (Å²) in [5.41, 5.74) is 1.95. The molecule has 16 unspecified atom stereocenters. The summed E-state index contributed by atoms with van der Waals surface area (Å²) < 4.78 is 48.5. The van der Waals surface area contributed by atoms with Crippen molar-refractivity contribution < 1.29 is 58.0 Å². The normalized spacial score (nSPS) is 52.0. The first-order valence-electron chi connectivity index (χ1n) is 17.0. The first-order valence-corrected chi connectivity index (χ1v) is 17.0. The van der Waals surface area contributed by atoms with Crippen molar-refractivity contribution in [3.8, 4) is 0 Å². The Hall–Kier alpha value is -1.61. The summed E-state index contributed by atoms with van der Waals surface area (Å²) in [6.07, 6.45) is 1.04. The van der Waals surface area contributed by atoms with Gasteiger partial charge in [-0.15, -0.1) is 0 Å². The van der Waals surface area contributed by atoms with Crippen LogP contribution in [-0.2, 0) is 42.7 Å². The number of rotatable bonds is 5. The molecule has 12 heteroatoms. The number of hydrogen-bond donors (Lipinski definition) is 3. The smallest absolute Gasteiger partial charge is 0.309 e. The van der Waals surface area contributed by atoms with Gasteiger partial charge in [0.1, 0.15) is 18.3 Å². The lowest BCUT2D eigenvalue weighted by Gasteiger charge is -2.52. The third kappa shape index (κ3) is 5.65. The number of ether oxygens (including phenoxy) is 8. The molecule has 46 heavy (non-hydrogen) atoms. The van der Waals surface area contributed by atoms with Gasteiger partial charge in [-0.1, -0.05) is 18.6 Å². The molecule has 3 N–H and O–H groups in total. The lowest BCUT2D eigenvalue weighted by molar-refractivity contribution is -0.321. The van der Waals surface area contributed by atoms with Crippen LogP contribution < -0.4 is 0 Å². The van der Waals surface area contributed by atoms with Gasteiger partial charge < -0.3 is 53.2 Å². The quantitative estimate of drug-likeness (QED) is 0.296. The molecule has 2 aliphatic carbocycles. The lowest BCUT2D eigenvalue weighted by atomic mass is 9.55. The van der Waals surface area contributed by atoms with Gasteiger partial charge in [-0.25, -0.2) is 0 Å². The second kappa shape index (κ2) is 12.4. The predicted octanol–water partition coefficient (Wildman–Crippen LogP) is 2.47. The zero-order valence-corrected chi connectivity index (χ0v) is 27.4. The van der Waals surface area contributed by atoms with Gasteiger partial charge >= 0.3 is 5.97 Å². The minimum absolute atomic E-state index is 0.00851.